The largest absolute Gasteiger partial charge is 0.380 e. The number of morpholine rings is 2. The van der Waals surface area contributed by atoms with Crippen LogP contribution in [0.1, 0.15) is 0 Å². The summed E-state index contributed by atoms with van der Waals surface area (Å²) in [6.45, 7) is 1.18. The summed E-state index contributed by atoms with van der Waals surface area (Å²) in [5.74, 6) is -1.33. The van der Waals surface area contributed by atoms with E-state index in [4.69, 9.17) is 19.7 Å². The second kappa shape index (κ2) is 9.33. The zero-order valence-corrected chi connectivity index (χ0v) is 18.5. The van der Waals surface area contributed by atoms with E-state index in [0.29, 0.717) is 41.2 Å². The molecule has 2 saturated heterocycles. The number of ether oxygens (including phenoxy) is 2. The van der Waals surface area contributed by atoms with Gasteiger partial charge in [0, 0.05) is 36.2 Å². The lowest BCUT2D eigenvalue weighted by atomic mass is 10.1. The van der Waals surface area contributed by atoms with E-state index < -0.39 is 24.0 Å². The maximum Gasteiger partial charge on any atom is 0.259 e. The average Bonchev–Trinajstić information content (AvgIpc) is 3.24. The van der Waals surface area contributed by atoms with Gasteiger partial charge in [-0.25, -0.2) is 0 Å². The lowest BCUT2D eigenvalue weighted by Gasteiger charge is -2.35. The molecule has 0 aliphatic carbocycles. The van der Waals surface area contributed by atoms with Gasteiger partial charge in [-0.15, -0.1) is 0 Å². The molecule has 0 saturated carbocycles. The average molecular weight is 481 g/mol. The molecule has 12 nitrogen and oxygen atoms in total. The number of carbonyl (C=O) groups excluding carboxylic acids is 3. The standard InChI is InChI=1S/C23H23N5O7/c24-21-16-5-4-13(10-17(16)35-26-21)25-22(31)19(30)20-23(32)28(7-9-34-20)15-3-1-2-14(11-15)27-6-8-33-12-18(27)29/h1-5,10-11,19-20,30H,6-9,12H2,(H2,24,26)(H,25,31). The van der Waals surface area contributed by atoms with Crippen molar-refractivity contribution in [1.29, 1.82) is 0 Å². The number of nitrogens with two attached hydrogens (primary N) is 1. The number of aliphatic hydroxyl groups is 1. The van der Waals surface area contributed by atoms with Gasteiger partial charge in [0.1, 0.15) is 6.61 Å². The van der Waals surface area contributed by atoms with Crippen molar-refractivity contribution in [2.24, 2.45) is 0 Å². The van der Waals surface area contributed by atoms with Crippen molar-refractivity contribution in [1.82, 2.24) is 5.16 Å². The monoisotopic (exact) mass is 481 g/mol. The van der Waals surface area contributed by atoms with Crippen LogP contribution in [0.4, 0.5) is 22.9 Å². The number of nitrogens with zero attached hydrogens (tertiary/aromatic N) is 3. The Balaban J connectivity index is 1.30. The van der Waals surface area contributed by atoms with Crippen LogP contribution in [-0.2, 0) is 23.9 Å². The smallest absolute Gasteiger partial charge is 0.259 e. The van der Waals surface area contributed by atoms with E-state index in [-0.39, 0.29) is 31.5 Å². The van der Waals surface area contributed by atoms with Crippen molar-refractivity contribution in [3.63, 3.8) is 0 Å². The molecular formula is C23H23N5O7. The summed E-state index contributed by atoms with van der Waals surface area (Å²) in [6.07, 6.45) is -3.16. The number of nitrogen functional groups attached to an aromatic ring is 1. The molecule has 3 aromatic rings. The zero-order chi connectivity index (χ0) is 24.5. The van der Waals surface area contributed by atoms with E-state index in [1.807, 2.05) is 0 Å². The van der Waals surface area contributed by atoms with Crippen molar-refractivity contribution in [3.8, 4) is 0 Å². The first-order valence-corrected chi connectivity index (χ1v) is 11.0. The Kier molecular flexibility index (Phi) is 6.07. The van der Waals surface area contributed by atoms with Gasteiger partial charge in [-0.05, 0) is 30.3 Å². The fourth-order valence-electron chi connectivity index (χ4n) is 4.10. The Bertz CT molecular complexity index is 1290. The number of fused-ring (bicyclic) bond motifs is 1. The third-order valence-electron chi connectivity index (χ3n) is 5.88. The van der Waals surface area contributed by atoms with Gasteiger partial charge >= 0.3 is 0 Å². The molecule has 3 heterocycles. The Morgan fingerprint density at radius 3 is 2.69 bits per heavy atom. The predicted molar refractivity (Wildman–Crippen MR) is 125 cm³/mol. The van der Waals surface area contributed by atoms with Gasteiger partial charge < -0.3 is 40.0 Å². The van der Waals surface area contributed by atoms with Crippen LogP contribution >= 0.6 is 0 Å². The number of aromatic nitrogens is 1. The quantitative estimate of drug-likeness (QED) is 0.471. The molecule has 12 heteroatoms. The molecule has 2 aliphatic heterocycles. The van der Waals surface area contributed by atoms with Gasteiger partial charge in [0.2, 0.25) is 0 Å². The summed E-state index contributed by atoms with van der Waals surface area (Å²) < 4.78 is 15.7. The first kappa shape index (κ1) is 22.8. The maximum atomic E-state index is 13.2. The van der Waals surface area contributed by atoms with E-state index in [2.05, 4.69) is 10.5 Å². The molecule has 182 valence electrons. The number of nitrogens with one attached hydrogen (secondary N) is 1. The zero-order valence-electron chi connectivity index (χ0n) is 18.5. The molecule has 0 bridgehead atoms. The predicted octanol–water partition coefficient (Wildman–Crippen LogP) is 0.505. The van der Waals surface area contributed by atoms with E-state index in [9.17, 15) is 19.5 Å². The third kappa shape index (κ3) is 4.41. The lowest BCUT2D eigenvalue weighted by Crippen LogP contribution is -2.55. The van der Waals surface area contributed by atoms with Crippen LogP contribution in [0.3, 0.4) is 0 Å². The molecular weight excluding hydrogens is 458 g/mol. The highest BCUT2D eigenvalue weighted by Gasteiger charge is 2.39. The fourth-order valence-corrected chi connectivity index (χ4v) is 4.10. The number of rotatable bonds is 5. The molecule has 2 aromatic carbocycles. The summed E-state index contributed by atoms with van der Waals surface area (Å²) in [7, 11) is 0. The Morgan fingerprint density at radius 2 is 1.89 bits per heavy atom. The van der Waals surface area contributed by atoms with Crippen LogP contribution in [0.15, 0.2) is 47.0 Å². The molecule has 4 N–H and O–H groups in total. The van der Waals surface area contributed by atoms with E-state index in [1.165, 1.54) is 11.0 Å². The number of anilines is 4. The van der Waals surface area contributed by atoms with E-state index in [0.717, 1.165) is 0 Å². The lowest BCUT2D eigenvalue weighted by molar-refractivity contribution is -0.150. The molecule has 35 heavy (non-hydrogen) atoms. The second-order valence-corrected chi connectivity index (χ2v) is 8.11. The summed E-state index contributed by atoms with van der Waals surface area (Å²) in [6, 6.07) is 11.7. The number of amides is 3. The van der Waals surface area contributed by atoms with Gasteiger partial charge in [0.05, 0.1) is 18.6 Å². The molecule has 2 aliphatic rings. The van der Waals surface area contributed by atoms with Gasteiger partial charge in [-0.3, -0.25) is 14.4 Å². The minimum Gasteiger partial charge on any atom is -0.380 e. The van der Waals surface area contributed by atoms with Crippen molar-refractivity contribution in [2.75, 3.05) is 53.8 Å². The summed E-state index contributed by atoms with van der Waals surface area (Å²) in [4.78, 5) is 41.1. The van der Waals surface area contributed by atoms with E-state index in [1.54, 1.807) is 41.3 Å². The van der Waals surface area contributed by atoms with Crippen molar-refractivity contribution >= 4 is 51.6 Å². The molecule has 2 fully saturated rings. The molecule has 3 amide bonds. The maximum absolute atomic E-state index is 13.2. The first-order chi connectivity index (χ1) is 16.9. The number of hydrogen-bond acceptors (Lipinski definition) is 9. The first-order valence-electron chi connectivity index (χ1n) is 11.0. The minimum atomic E-state index is -1.76. The van der Waals surface area contributed by atoms with Crippen LogP contribution in [0.5, 0.6) is 0 Å². The van der Waals surface area contributed by atoms with Crippen LogP contribution in [-0.4, -0.2) is 73.1 Å². The second-order valence-electron chi connectivity index (χ2n) is 8.11. The SMILES string of the molecule is Nc1noc2cc(NC(=O)C(O)C3OCCN(c4cccc(N5CCOCC5=O)c4)C3=O)ccc12. The molecule has 1 aromatic heterocycles. The van der Waals surface area contributed by atoms with Gasteiger partial charge in [-0.1, -0.05) is 11.2 Å². The van der Waals surface area contributed by atoms with E-state index >= 15 is 0 Å². The number of benzene rings is 2. The van der Waals surface area contributed by atoms with Gasteiger partial charge in [0.25, 0.3) is 17.7 Å². The highest BCUT2D eigenvalue weighted by Crippen LogP contribution is 2.27. The van der Waals surface area contributed by atoms with Crippen LogP contribution in [0.25, 0.3) is 11.0 Å². The third-order valence-corrected chi connectivity index (χ3v) is 5.88. The normalized spacial score (nSPS) is 19.7. The molecule has 5 rings (SSSR count). The number of carbonyl (C=O) groups is 3. The molecule has 2 atom stereocenters. The molecule has 2 unspecified atom stereocenters. The van der Waals surface area contributed by atoms with Crippen LogP contribution in [0, 0.1) is 0 Å². The Labute approximate surface area is 199 Å². The molecule has 0 radical (unpaired) electrons. The topological polar surface area (TPSA) is 160 Å². The van der Waals surface area contributed by atoms with Crippen LogP contribution < -0.4 is 20.9 Å². The van der Waals surface area contributed by atoms with Gasteiger partial charge in [0.15, 0.2) is 23.6 Å². The summed E-state index contributed by atoms with van der Waals surface area (Å²) >= 11 is 0. The highest BCUT2D eigenvalue weighted by atomic mass is 16.5. The van der Waals surface area contributed by atoms with Crippen molar-refractivity contribution in [3.05, 3.63) is 42.5 Å². The fraction of sp³-hybridized carbons (Fsp3) is 0.304. The van der Waals surface area contributed by atoms with Gasteiger partial charge in [-0.2, -0.15) is 0 Å². The number of hydrogen-bond donors (Lipinski definition) is 3. The Hall–Kier alpha value is -4.00. The minimum absolute atomic E-state index is 0.000838. The summed E-state index contributed by atoms with van der Waals surface area (Å²) in [5, 5.41) is 17.4. The number of aliphatic hydroxyl groups excluding tert-OH is 1. The van der Waals surface area contributed by atoms with Crippen LogP contribution in [0.2, 0.25) is 0 Å². The van der Waals surface area contributed by atoms with Crippen molar-refractivity contribution < 1.29 is 33.5 Å². The Morgan fingerprint density at radius 1 is 1.11 bits per heavy atom. The summed E-state index contributed by atoms with van der Waals surface area (Å²) in [5.41, 5.74) is 7.55. The highest BCUT2D eigenvalue weighted by molar-refractivity contribution is 6.05. The molecule has 0 spiro atoms. The van der Waals surface area contributed by atoms with Crippen molar-refractivity contribution in [2.45, 2.75) is 12.2 Å².